The van der Waals surface area contributed by atoms with Crippen LogP contribution in [0.2, 0.25) is 0 Å². The molecule has 0 saturated carbocycles. The Morgan fingerprint density at radius 3 is 2.60 bits per heavy atom. The van der Waals surface area contributed by atoms with Gasteiger partial charge in [0.2, 0.25) is 0 Å². The van der Waals surface area contributed by atoms with Gasteiger partial charge in [0.15, 0.2) is 18.3 Å². The average Bonchev–Trinajstić information content (AvgIpc) is 3.05. The standard InChI is InChI=1S/C12H9F3N2O3/c13-12(14,15)10-5-9-8(11-19-3-4-20-11)2-1-7(6-18)17(9)16-10/h1-2,5-6,11H,3-4H2. The molecule has 0 aromatic carbocycles. The molecule has 0 N–H and O–H groups in total. The zero-order valence-corrected chi connectivity index (χ0v) is 10.1. The molecule has 0 spiro atoms. The van der Waals surface area contributed by atoms with E-state index in [1.165, 1.54) is 12.1 Å². The minimum Gasteiger partial charge on any atom is -0.346 e. The highest BCUT2D eigenvalue weighted by Crippen LogP contribution is 2.33. The molecule has 0 atom stereocenters. The van der Waals surface area contributed by atoms with Gasteiger partial charge in [0.1, 0.15) is 5.69 Å². The van der Waals surface area contributed by atoms with Crippen molar-refractivity contribution in [2.24, 2.45) is 0 Å². The zero-order valence-electron chi connectivity index (χ0n) is 10.1. The Hall–Kier alpha value is -1.93. The van der Waals surface area contributed by atoms with Crippen molar-refractivity contribution in [3.63, 3.8) is 0 Å². The summed E-state index contributed by atoms with van der Waals surface area (Å²) in [7, 11) is 0. The van der Waals surface area contributed by atoms with Gasteiger partial charge in [-0.3, -0.25) is 4.79 Å². The summed E-state index contributed by atoms with van der Waals surface area (Å²) < 4.78 is 49.8. The van der Waals surface area contributed by atoms with E-state index in [4.69, 9.17) is 9.47 Å². The number of nitrogens with zero attached hydrogens (tertiary/aromatic N) is 2. The van der Waals surface area contributed by atoms with Gasteiger partial charge in [-0.2, -0.15) is 18.3 Å². The summed E-state index contributed by atoms with van der Waals surface area (Å²) in [6.45, 7) is 0.735. The first-order valence-electron chi connectivity index (χ1n) is 5.79. The van der Waals surface area contributed by atoms with Crippen molar-refractivity contribution in [3.8, 4) is 0 Å². The van der Waals surface area contributed by atoms with E-state index in [1.54, 1.807) is 0 Å². The molecule has 0 aliphatic carbocycles. The molecule has 2 aromatic heterocycles. The number of carbonyl (C=O) groups is 1. The maximum atomic E-state index is 12.7. The first-order chi connectivity index (χ1) is 9.50. The Morgan fingerprint density at radius 2 is 2.00 bits per heavy atom. The number of aromatic nitrogens is 2. The maximum absolute atomic E-state index is 12.7. The molecule has 1 aliphatic heterocycles. The van der Waals surface area contributed by atoms with Crippen molar-refractivity contribution in [1.29, 1.82) is 0 Å². The predicted octanol–water partition coefficient (Wildman–Crippen LogP) is 2.21. The van der Waals surface area contributed by atoms with Gasteiger partial charge in [-0.25, -0.2) is 4.52 Å². The van der Waals surface area contributed by atoms with E-state index in [1.807, 2.05) is 0 Å². The van der Waals surface area contributed by atoms with Crippen LogP contribution in [-0.2, 0) is 15.7 Å². The maximum Gasteiger partial charge on any atom is 0.435 e. The van der Waals surface area contributed by atoms with Crippen LogP contribution in [0.15, 0.2) is 18.2 Å². The van der Waals surface area contributed by atoms with E-state index in [-0.39, 0.29) is 11.2 Å². The second-order valence-electron chi connectivity index (χ2n) is 4.23. The number of carbonyl (C=O) groups excluding carboxylic acids is 1. The molecule has 2 aromatic rings. The number of rotatable bonds is 2. The summed E-state index contributed by atoms with van der Waals surface area (Å²) in [6.07, 6.45) is -4.88. The molecule has 1 saturated heterocycles. The third-order valence-electron chi connectivity index (χ3n) is 2.97. The van der Waals surface area contributed by atoms with Crippen LogP contribution in [0.1, 0.15) is 28.0 Å². The quantitative estimate of drug-likeness (QED) is 0.794. The lowest BCUT2D eigenvalue weighted by Crippen LogP contribution is -2.07. The van der Waals surface area contributed by atoms with E-state index in [0.717, 1.165) is 10.6 Å². The molecular weight excluding hydrogens is 277 g/mol. The van der Waals surface area contributed by atoms with Crippen LogP contribution in [0.25, 0.3) is 5.52 Å². The van der Waals surface area contributed by atoms with Crippen LogP contribution in [0.3, 0.4) is 0 Å². The third-order valence-corrected chi connectivity index (χ3v) is 2.97. The fraction of sp³-hybridized carbons (Fsp3) is 0.333. The van der Waals surface area contributed by atoms with Crippen molar-refractivity contribution in [2.45, 2.75) is 12.5 Å². The third kappa shape index (κ3) is 2.06. The Balaban J connectivity index is 2.21. The van der Waals surface area contributed by atoms with Crippen LogP contribution in [0.5, 0.6) is 0 Å². The number of fused-ring (bicyclic) bond motifs is 1. The Bertz CT molecular complexity index is 660. The second-order valence-corrected chi connectivity index (χ2v) is 4.23. The number of hydrogen-bond acceptors (Lipinski definition) is 4. The molecule has 5 nitrogen and oxygen atoms in total. The Labute approximate surface area is 110 Å². The van der Waals surface area contributed by atoms with Gasteiger partial charge in [-0.1, -0.05) is 0 Å². The highest BCUT2D eigenvalue weighted by Gasteiger charge is 2.35. The topological polar surface area (TPSA) is 52.8 Å². The lowest BCUT2D eigenvalue weighted by Gasteiger charge is -2.11. The summed E-state index contributed by atoms with van der Waals surface area (Å²) >= 11 is 0. The molecule has 0 unspecified atom stereocenters. The predicted molar refractivity (Wildman–Crippen MR) is 60.2 cm³/mol. The fourth-order valence-corrected chi connectivity index (χ4v) is 2.08. The summed E-state index contributed by atoms with van der Waals surface area (Å²) in [5, 5.41) is 3.44. The van der Waals surface area contributed by atoms with Gasteiger partial charge in [0.25, 0.3) is 0 Å². The molecule has 0 radical (unpaired) electrons. The van der Waals surface area contributed by atoms with Crippen LogP contribution < -0.4 is 0 Å². The van der Waals surface area contributed by atoms with E-state index < -0.39 is 18.2 Å². The number of aldehydes is 1. The lowest BCUT2D eigenvalue weighted by molar-refractivity contribution is -0.141. The van der Waals surface area contributed by atoms with E-state index in [0.29, 0.717) is 25.1 Å². The van der Waals surface area contributed by atoms with Crippen LogP contribution in [0.4, 0.5) is 13.2 Å². The summed E-state index contributed by atoms with van der Waals surface area (Å²) in [5.74, 6) is 0. The highest BCUT2D eigenvalue weighted by atomic mass is 19.4. The van der Waals surface area contributed by atoms with Crippen molar-refractivity contribution in [1.82, 2.24) is 9.61 Å². The largest absolute Gasteiger partial charge is 0.435 e. The van der Waals surface area contributed by atoms with Gasteiger partial charge in [0.05, 0.1) is 18.7 Å². The first kappa shape index (κ1) is 13.1. The normalized spacial score (nSPS) is 16.9. The number of hydrogen-bond donors (Lipinski definition) is 0. The van der Waals surface area contributed by atoms with Crippen LogP contribution >= 0.6 is 0 Å². The number of ether oxygens (including phenoxy) is 2. The van der Waals surface area contributed by atoms with Gasteiger partial charge in [-0.05, 0) is 18.2 Å². The van der Waals surface area contributed by atoms with Crippen LogP contribution in [0, 0.1) is 0 Å². The molecule has 20 heavy (non-hydrogen) atoms. The Kier molecular flexibility index (Phi) is 2.98. The Morgan fingerprint density at radius 1 is 1.30 bits per heavy atom. The van der Waals surface area contributed by atoms with Crippen molar-refractivity contribution in [2.75, 3.05) is 13.2 Å². The van der Waals surface area contributed by atoms with Gasteiger partial charge in [-0.15, -0.1) is 0 Å². The molecular formula is C12H9F3N2O3. The average molecular weight is 286 g/mol. The highest BCUT2D eigenvalue weighted by molar-refractivity contribution is 5.75. The summed E-state index contributed by atoms with van der Waals surface area (Å²) in [5.41, 5.74) is -0.479. The first-order valence-corrected chi connectivity index (χ1v) is 5.79. The molecule has 106 valence electrons. The van der Waals surface area contributed by atoms with Gasteiger partial charge >= 0.3 is 6.18 Å². The van der Waals surface area contributed by atoms with Crippen LogP contribution in [-0.4, -0.2) is 29.1 Å². The smallest absolute Gasteiger partial charge is 0.346 e. The minimum atomic E-state index is -4.58. The monoisotopic (exact) mass is 286 g/mol. The van der Waals surface area contributed by atoms with Crippen molar-refractivity contribution in [3.05, 3.63) is 35.2 Å². The second kappa shape index (κ2) is 4.57. The summed E-state index contributed by atoms with van der Waals surface area (Å²) in [4.78, 5) is 10.9. The SMILES string of the molecule is O=Cc1ccc(C2OCCO2)c2cc(C(F)(F)F)nn12. The van der Waals surface area contributed by atoms with E-state index in [2.05, 4.69) is 5.10 Å². The molecule has 1 fully saturated rings. The number of alkyl halides is 3. The summed E-state index contributed by atoms with van der Waals surface area (Å²) in [6, 6.07) is 3.78. The molecule has 3 heterocycles. The van der Waals surface area contributed by atoms with Crippen molar-refractivity contribution < 1.29 is 27.4 Å². The molecule has 0 amide bonds. The molecule has 0 bridgehead atoms. The molecule has 3 rings (SSSR count). The number of halogens is 3. The fourth-order valence-electron chi connectivity index (χ4n) is 2.08. The van der Waals surface area contributed by atoms with Gasteiger partial charge < -0.3 is 9.47 Å². The van der Waals surface area contributed by atoms with E-state index in [9.17, 15) is 18.0 Å². The zero-order chi connectivity index (χ0) is 14.3. The number of pyridine rings is 1. The van der Waals surface area contributed by atoms with Crippen molar-refractivity contribution >= 4 is 11.8 Å². The lowest BCUT2D eigenvalue weighted by atomic mass is 10.2. The van der Waals surface area contributed by atoms with E-state index >= 15 is 0 Å². The molecule has 8 heteroatoms. The van der Waals surface area contributed by atoms with Gasteiger partial charge in [0, 0.05) is 5.56 Å². The minimum absolute atomic E-state index is 0.0252. The molecule has 1 aliphatic rings.